The summed E-state index contributed by atoms with van der Waals surface area (Å²) in [6.45, 7) is 2.21. The molecule has 1 aliphatic heterocycles. The topological polar surface area (TPSA) is 38.0 Å². The van der Waals surface area contributed by atoms with Crippen LogP contribution in [0.1, 0.15) is 18.9 Å². The summed E-state index contributed by atoms with van der Waals surface area (Å²) >= 11 is 10.1. The van der Waals surface area contributed by atoms with Crippen LogP contribution in [0.5, 0.6) is 0 Å². The standard InChI is InChI=1S/C14H20ClFN2S2/c1-2-13-14(20-6-5-19-13)12(18-17)8-9-7-10(16)3-4-11(9)15/h3-4,7,12-14,18H,2,5-6,8,17H2,1H3. The third kappa shape index (κ3) is 4.04. The molecule has 1 heterocycles. The molecule has 112 valence electrons. The predicted octanol–water partition coefficient (Wildman–Crippen LogP) is 3.48. The maximum atomic E-state index is 13.4. The Hall–Kier alpha value is 0.0600. The van der Waals surface area contributed by atoms with Crippen molar-refractivity contribution in [1.29, 1.82) is 0 Å². The maximum absolute atomic E-state index is 13.4. The Kier molecular flexibility index (Phi) is 6.49. The molecular formula is C14H20ClFN2S2. The molecule has 1 aliphatic rings. The minimum atomic E-state index is -0.252. The van der Waals surface area contributed by atoms with Crippen LogP contribution in [-0.2, 0) is 6.42 Å². The Bertz CT molecular complexity index is 447. The fourth-order valence-electron chi connectivity index (χ4n) is 2.52. The summed E-state index contributed by atoms with van der Waals surface area (Å²) in [6.07, 6.45) is 1.78. The van der Waals surface area contributed by atoms with Crippen molar-refractivity contribution in [2.45, 2.75) is 36.3 Å². The summed E-state index contributed by atoms with van der Waals surface area (Å²) < 4.78 is 13.4. The Morgan fingerprint density at radius 2 is 2.20 bits per heavy atom. The van der Waals surface area contributed by atoms with Crippen LogP contribution in [0.25, 0.3) is 0 Å². The number of rotatable bonds is 5. The van der Waals surface area contributed by atoms with E-state index in [2.05, 4.69) is 12.3 Å². The van der Waals surface area contributed by atoms with Gasteiger partial charge in [-0.15, -0.1) is 0 Å². The molecular weight excluding hydrogens is 315 g/mol. The van der Waals surface area contributed by atoms with Gasteiger partial charge in [-0.25, -0.2) is 4.39 Å². The van der Waals surface area contributed by atoms with E-state index in [1.807, 2.05) is 23.5 Å². The molecule has 20 heavy (non-hydrogen) atoms. The molecule has 0 spiro atoms. The van der Waals surface area contributed by atoms with Gasteiger partial charge in [-0.2, -0.15) is 23.5 Å². The molecule has 0 aromatic heterocycles. The molecule has 1 aromatic rings. The first-order valence-electron chi connectivity index (χ1n) is 6.79. The normalized spacial score (nSPS) is 24.6. The van der Waals surface area contributed by atoms with Gasteiger partial charge < -0.3 is 0 Å². The highest BCUT2D eigenvalue weighted by atomic mass is 35.5. The Balaban J connectivity index is 2.13. The second-order valence-electron chi connectivity index (χ2n) is 4.87. The van der Waals surface area contributed by atoms with Gasteiger partial charge in [-0.1, -0.05) is 18.5 Å². The summed E-state index contributed by atoms with van der Waals surface area (Å²) in [5.41, 5.74) is 3.74. The molecule has 0 radical (unpaired) electrons. The fraction of sp³-hybridized carbons (Fsp3) is 0.571. The molecule has 6 heteroatoms. The lowest BCUT2D eigenvalue weighted by atomic mass is 10.0. The molecule has 0 saturated carbocycles. The summed E-state index contributed by atoms with van der Waals surface area (Å²) in [7, 11) is 0. The van der Waals surface area contributed by atoms with Crippen LogP contribution in [0.3, 0.4) is 0 Å². The molecule has 0 bridgehead atoms. The Morgan fingerprint density at radius 1 is 1.45 bits per heavy atom. The second kappa shape index (κ2) is 7.90. The fourth-order valence-corrected chi connectivity index (χ4v) is 5.96. The lowest BCUT2D eigenvalue weighted by Gasteiger charge is -2.35. The first kappa shape index (κ1) is 16.4. The van der Waals surface area contributed by atoms with Gasteiger partial charge in [0.25, 0.3) is 0 Å². The molecule has 3 atom stereocenters. The number of benzene rings is 1. The molecule has 1 aromatic carbocycles. The van der Waals surface area contributed by atoms with Crippen LogP contribution < -0.4 is 11.3 Å². The summed E-state index contributed by atoms with van der Waals surface area (Å²) in [5.74, 6) is 7.83. The van der Waals surface area contributed by atoms with E-state index >= 15 is 0 Å². The van der Waals surface area contributed by atoms with E-state index in [4.69, 9.17) is 17.4 Å². The van der Waals surface area contributed by atoms with E-state index in [1.54, 1.807) is 6.07 Å². The van der Waals surface area contributed by atoms with Crippen molar-refractivity contribution in [2.75, 3.05) is 11.5 Å². The van der Waals surface area contributed by atoms with Crippen molar-refractivity contribution in [3.8, 4) is 0 Å². The molecule has 1 saturated heterocycles. The smallest absolute Gasteiger partial charge is 0.123 e. The van der Waals surface area contributed by atoms with Gasteiger partial charge in [0.15, 0.2) is 0 Å². The van der Waals surface area contributed by atoms with E-state index < -0.39 is 0 Å². The highest BCUT2D eigenvalue weighted by Gasteiger charge is 2.31. The van der Waals surface area contributed by atoms with Gasteiger partial charge in [-0.05, 0) is 36.6 Å². The molecule has 2 rings (SSSR count). The number of hydrogen-bond donors (Lipinski definition) is 2. The van der Waals surface area contributed by atoms with Crippen molar-refractivity contribution in [3.05, 3.63) is 34.6 Å². The summed E-state index contributed by atoms with van der Waals surface area (Å²) in [5, 5.41) is 1.62. The van der Waals surface area contributed by atoms with Gasteiger partial charge in [0.1, 0.15) is 5.82 Å². The van der Waals surface area contributed by atoms with Crippen LogP contribution in [0, 0.1) is 5.82 Å². The minimum Gasteiger partial charge on any atom is -0.271 e. The first-order valence-corrected chi connectivity index (χ1v) is 9.26. The van der Waals surface area contributed by atoms with Gasteiger partial charge in [-0.3, -0.25) is 11.3 Å². The number of hydrogen-bond acceptors (Lipinski definition) is 4. The van der Waals surface area contributed by atoms with Gasteiger partial charge in [0.05, 0.1) is 0 Å². The number of nitrogens with two attached hydrogens (primary N) is 1. The van der Waals surface area contributed by atoms with Gasteiger partial charge in [0, 0.05) is 33.1 Å². The SMILES string of the molecule is CCC1SCCSC1C(Cc1cc(F)ccc1Cl)NN. The van der Waals surface area contributed by atoms with Crippen LogP contribution in [-0.4, -0.2) is 28.0 Å². The molecule has 0 amide bonds. The Morgan fingerprint density at radius 3 is 2.90 bits per heavy atom. The van der Waals surface area contributed by atoms with Crippen molar-refractivity contribution < 1.29 is 4.39 Å². The average Bonchev–Trinajstić information content (AvgIpc) is 2.48. The number of halogens is 2. The van der Waals surface area contributed by atoms with Crippen LogP contribution >= 0.6 is 35.1 Å². The average molecular weight is 335 g/mol. The van der Waals surface area contributed by atoms with E-state index in [-0.39, 0.29) is 11.9 Å². The summed E-state index contributed by atoms with van der Waals surface area (Å²) in [6, 6.07) is 4.61. The van der Waals surface area contributed by atoms with Gasteiger partial charge >= 0.3 is 0 Å². The van der Waals surface area contributed by atoms with E-state index in [9.17, 15) is 4.39 Å². The van der Waals surface area contributed by atoms with Crippen LogP contribution in [0.2, 0.25) is 5.02 Å². The largest absolute Gasteiger partial charge is 0.271 e. The number of nitrogens with one attached hydrogen (secondary N) is 1. The Labute approximate surface area is 133 Å². The predicted molar refractivity (Wildman–Crippen MR) is 89.0 cm³/mol. The number of thioether (sulfide) groups is 2. The minimum absolute atomic E-state index is 0.108. The zero-order valence-electron chi connectivity index (χ0n) is 11.4. The van der Waals surface area contributed by atoms with Crippen molar-refractivity contribution in [2.24, 2.45) is 5.84 Å². The quantitative estimate of drug-likeness (QED) is 0.638. The second-order valence-corrected chi connectivity index (χ2v) is 7.91. The zero-order chi connectivity index (χ0) is 14.5. The highest BCUT2D eigenvalue weighted by Crippen LogP contribution is 2.36. The zero-order valence-corrected chi connectivity index (χ0v) is 13.8. The van der Waals surface area contributed by atoms with E-state index in [0.717, 1.165) is 17.7 Å². The third-order valence-electron chi connectivity index (χ3n) is 3.55. The van der Waals surface area contributed by atoms with E-state index in [1.165, 1.54) is 17.9 Å². The molecule has 2 nitrogen and oxygen atoms in total. The monoisotopic (exact) mass is 334 g/mol. The molecule has 3 N–H and O–H groups in total. The van der Waals surface area contributed by atoms with Gasteiger partial charge in [0.2, 0.25) is 0 Å². The summed E-state index contributed by atoms with van der Waals surface area (Å²) in [4.78, 5) is 0. The third-order valence-corrected chi connectivity index (χ3v) is 7.33. The lowest BCUT2D eigenvalue weighted by Crippen LogP contribution is -2.49. The number of hydrazine groups is 1. The highest BCUT2D eigenvalue weighted by molar-refractivity contribution is 8.07. The van der Waals surface area contributed by atoms with Crippen LogP contribution in [0.4, 0.5) is 4.39 Å². The lowest BCUT2D eigenvalue weighted by molar-refractivity contribution is 0.489. The molecule has 3 unspecified atom stereocenters. The maximum Gasteiger partial charge on any atom is 0.123 e. The first-order chi connectivity index (χ1) is 9.65. The molecule has 1 fully saturated rings. The van der Waals surface area contributed by atoms with E-state index in [0.29, 0.717) is 21.9 Å². The van der Waals surface area contributed by atoms with Crippen molar-refractivity contribution in [3.63, 3.8) is 0 Å². The molecule has 0 aliphatic carbocycles. The van der Waals surface area contributed by atoms with Crippen molar-refractivity contribution in [1.82, 2.24) is 5.43 Å². The van der Waals surface area contributed by atoms with Crippen molar-refractivity contribution >= 4 is 35.1 Å². The van der Waals surface area contributed by atoms with Crippen LogP contribution in [0.15, 0.2) is 18.2 Å².